The molecule has 0 nitrogen and oxygen atoms in total. The molecule has 0 heterocycles. The molecular formula is C8H11. The van der Waals surface area contributed by atoms with Gasteiger partial charge in [0.25, 0.3) is 0 Å². The van der Waals surface area contributed by atoms with Crippen LogP contribution in [0.1, 0.15) is 26.7 Å². The van der Waals surface area contributed by atoms with Crippen molar-refractivity contribution >= 4 is 0 Å². The third-order valence-corrected chi connectivity index (χ3v) is 1.55. The van der Waals surface area contributed by atoms with Gasteiger partial charge in [0.15, 0.2) is 0 Å². The first kappa shape index (κ1) is 5.61. The van der Waals surface area contributed by atoms with Gasteiger partial charge < -0.3 is 0 Å². The van der Waals surface area contributed by atoms with Gasteiger partial charge in [0.1, 0.15) is 0 Å². The van der Waals surface area contributed by atoms with Crippen LogP contribution in [0, 0.1) is 6.08 Å². The minimum Gasteiger partial charge on any atom is -0.0769 e. The van der Waals surface area contributed by atoms with Crippen LogP contribution in [0.4, 0.5) is 0 Å². The second-order valence-electron chi connectivity index (χ2n) is 2.10. The zero-order chi connectivity index (χ0) is 5.98. The van der Waals surface area contributed by atoms with Crippen molar-refractivity contribution in [3.63, 3.8) is 0 Å². The van der Waals surface area contributed by atoms with E-state index in [9.17, 15) is 0 Å². The molecule has 0 heteroatoms. The Hall–Kier alpha value is -0.520. The van der Waals surface area contributed by atoms with Gasteiger partial charge in [0.05, 0.1) is 0 Å². The number of hydrogen-bond donors (Lipinski definition) is 0. The maximum absolute atomic E-state index is 3.28. The predicted octanol–water partition coefficient (Wildman–Crippen LogP) is 2.48. The molecule has 0 saturated carbocycles. The lowest BCUT2D eigenvalue weighted by atomic mass is 10.1. The van der Waals surface area contributed by atoms with Crippen molar-refractivity contribution in [2.45, 2.75) is 26.7 Å². The fourth-order valence-electron chi connectivity index (χ4n) is 0.994. The van der Waals surface area contributed by atoms with Crippen LogP contribution in [-0.4, -0.2) is 0 Å². The average molecular weight is 107 g/mol. The Labute approximate surface area is 50.9 Å². The lowest BCUT2D eigenvalue weighted by Gasteiger charge is -1.94. The standard InChI is InChI=1S/C8H11/c1-3-8-6-4-5-7(8)2/h5H,3-4H2,1-2H3. The molecule has 0 spiro atoms. The summed E-state index contributed by atoms with van der Waals surface area (Å²) in [6.07, 6.45) is 7.68. The molecule has 0 amide bonds. The summed E-state index contributed by atoms with van der Waals surface area (Å²) in [6.45, 7) is 4.32. The van der Waals surface area contributed by atoms with E-state index in [0.29, 0.717) is 0 Å². The van der Waals surface area contributed by atoms with Crippen molar-refractivity contribution in [1.82, 2.24) is 0 Å². The summed E-state index contributed by atoms with van der Waals surface area (Å²) in [5.74, 6) is 0. The highest BCUT2D eigenvalue weighted by Gasteiger charge is 2.00. The molecule has 0 atom stereocenters. The molecule has 1 radical (unpaired) electrons. The summed E-state index contributed by atoms with van der Waals surface area (Å²) >= 11 is 0. The van der Waals surface area contributed by atoms with E-state index in [1.54, 1.807) is 0 Å². The molecule has 0 saturated heterocycles. The second-order valence-corrected chi connectivity index (χ2v) is 2.10. The highest BCUT2D eigenvalue weighted by molar-refractivity contribution is 5.31. The Bertz CT molecular complexity index is 138. The van der Waals surface area contributed by atoms with E-state index >= 15 is 0 Å². The molecule has 0 fully saturated rings. The molecular weight excluding hydrogens is 96.1 g/mol. The third-order valence-electron chi connectivity index (χ3n) is 1.55. The van der Waals surface area contributed by atoms with E-state index in [-0.39, 0.29) is 0 Å². The quantitative estimate of drug-likeness (QED) is 0.483. The Morgan fingerprint density at radius 3 is 2.75 bits per heavy atom. The van der Waals surface area contributed by atoms with Crippen LogP contribution in [0.25, 0.3) is 0 Å². The first-order valence-electron chi connectivity index (χ1n) is 3.11. The zero-order valence-electron chi connectivity index (χ0n) is 5.49. The van der Waals surface area contributed by atoms with Crippen molar-refractivity contribution in [3.8, 4) is 0 Å². The van der Waals surface area contributed by atoms with E-state index in [1.807, 2.05) is 0 Å². The topological polar surface area (TPSA) is 0 Å². The second kappa shape index (κ2) is 2.17. The molecule has 0 bridgehead atoms. The first-order chi connectivity index (χ1) is 3.84. The molecule has 1 aliphatic carbocycles. The Morgan fingerprint density at radius 1 is 1.75 bits per heavy atom. The van der Waals surface area contributed by atoms with E-state index in [1.165, 1.54) is 11.1 Å². The van der Waals surface area contributed by atoms with E-state index in [2.05, 4.69) is 26.0 Å². The molecule has 1 aliphatic rings. The normalized spacial score (nSPS) is 18.2. The van der Waals surface area contributed by atoms with Crippen molar-refractivity contribution < 1.29 is 0 Å². The van der Waals surface area contributed by atoms with Crippen LogP contribution in [0.2, 0.25) is 0 Å². The Morgan fingerprint density at radius 2 is 2.50 bits per heavy atom. The fourth-order valence-corrected chi connectivity index (χ4v) is 0.994. The lowest BCUT2D eigenvalue weighted by Crippen LogP contribution is -1.75. The van der Waals surface area contributed by atoms with Gasteiger partial charge in [-0.2, -0.15) is 0 Å². The van der Waals surface area contributed by atoms with E-state index < -0.39 is 0 Å². The van der Waals surface area contributed by atoms with Crippen LogP contribution in [0.3, 0.4) is 0 Å². The van der Waals surface area contributed by atoms with Crippen molar-refractivity contribution in [2.75, 3.05) is 0 Å². The number of allylic oxidation sites excluding steroid dienone is 4. The zero-order valence-corrected chi connectivity index (χ0v) is 5.49. The van der Waals surface area contributed by atoms with Crippen molar-refractivity contribution in [2.24, 2.45) is 0 Å². The van der Waals surface area contributed by atoms with Crippen LogP contribution >= 0.6 is 0 Å². The Kier molecular flexibility index (Phi) is 1.52. The van der Waals surface area contributed by atoms with Crippen molar-refractivity contribution in [3.05, 3.63) is 23.3 Å². The van der Waals surface area contributed by atoms with Crippen LogP contribution in [0.5, 0.6) is 0 Å². The van der Waals surface area contributed by atoms with E-state index in [4.69, 9.17) is 0 Å². The summed E-state index contributed by atoms with van der Waals surface area (Å²) in [7, 11) is 0. The SMILES string of the molecule is CCC1=[C]CC=C1C. The third kappa shape index (κ3) is 0.835. The smallest absolute Gasteiger partial charge is 0.00858 e. The summed E-state index contributed by atoms with van der Waals surface area (Å²) < 4.78 is 0. The van der Waals surface area contributed by atoms with Gasteiger partial charge in [-0.1, -0.05) is 18.6 Å². The molecule has 1 rings (SSSR count). The Balaban J connectivity index is 2.66. The van der Waals surface area contributed by atoms with Gasteiger partial charge in [-0.05, 0) is 31.4 Å². The maximum atomic E-state index is 3.28. The van der Waals surface area contributed by atoms with Gasteiger partial charge in [-0.3, -0.25) is 0 Å². The number of rotatable bonds is 1. The van der Waals surface area contributed by atoms with Gasteiger partial charge >= 0.3 is 0 Å². The maximum Gasteiger partial charge on any atom is -0.00858 e. The predicted molar refractivity (Wildman–Crippen MR) is 35.4 cm³/mol. The van der Waals surface area contributed by atoms with Gasteiger partial charge in [0.2, 0.25) is 0 Å². The molecule has 0 aromatic carbocycles. The number of hydrogen-bond acceptors (Lipinski definition) is 0. The van der Waals surface area contributed by atoms with Crippen LogP contribution in [0.15, 0.2) is 17.2 Å². The van der Waals surface area contributed by atoms with Gasteiger partial charge in [-0.15, -0.1) is 0 Å². The minimum absolute atomic E-state index is 1.04. The van der Waals surface area contributed by atoms with Gasteiger partial charge in [0, 0.05) is 0 Å². The lowest BCUT2D eigenvalue weighted by molar-refractivity contribution is 1.11. The van der Waals surface area contributed by atoms with E-state index in [0.717, 1.165) is 12.8 Å². The van der Waals surface area contributed by atoms with Crippen LogP contribution in [-0.2, 0) is 0 Å². The molecule has 0 N–H and O–H groups in total. The molecule has 0 aromatic heterocycles. The molecule has 8 heavy (non-hydrogen) atoms. The summed E-state index contributed by atoms with van der Waals surface area (Å²) in [6, 6.07) is 0. The molecule has 0 aromatic rings. The molecule has 0 aliphatic heterocycles. The van der Waals surface area contributed by atoms with Gasteiger partial charge in [-0.25, -0.2) is 0 Å². The largest absolute Gasteiger partial charge is 0.0769 e. The highest BCUT2D eigenvalue weighted by Crippen LogP contribution is 2.19. The monoisotopic (exact) mass is 107 g/mol. The van der Waals surface area contributed by atoms with Crippen LogP contribution < -0.4 is 0 Å². The summed E-state index contributed by atoms with van der Waals surface area (Å²) in [5, 5.41) is 0. The first-order valence-corrected chi connectivity index (χ1v) is 3.11. The molecule has 0 unspecified atom stereocenters. The summed E-state index contributed by atoms with van der Waals surface area (Å²) in [4.78, 5) is 0. The fraction of sp³-hybridized carbons (Fsp3) is 0.500. The minimum atomic E-state index is 1.04. The average Bonchev–Trinajstić information content (AvgIpc) is 2.14. The highest BCUT2D eigenvalue weighted by atomic mass is 14.1. The molecule has 43 valence electrons. The summed E-state index contributed by atoms with van der Waals surface area (Å²) in [5.41, 5.74) is 2.83. The van der Waals surface area contributed by atoms with Crippen molar-refractivity contribution in [1.29, 1.82) is 0 Å².